The Kier molecular flexibility index (Phi) is 5.99. The highest BCUT2D eigenvalue weighted by Crippen LogP contribution is 2.19. The van der Waals surface area contributed by atoms with Crippen molar-refractivity contribution in [3.63, 3.8) is 0 Å². The molecule has 0 saturated heterocycles. The number of benzene rings is 1. The average Bonchev–Trinajstić information content (AvgIpc) is 2.34. The fourth-order valence-corrected chi connectivity index (χ4v) is 1.82. The van der Waals surface area contributed by atoms with E-state index in [1.165, 1.54) is 16.7 Å². The van der Waals surface area contributed by atoms with Crippen LogP contribution in [0.1, 0.15) is 51.2 Å². The molecule has 0 radical (unpaired) electrons. The van der Waals surface area contributed by atoms with Crippen molar-refractivity contribution >= 4 is 5.57 Å². The summed E-state index contributed by atoms with van der Waals surface area (Å²) in [7, 11) is 0. The Morgan fingerprint density at radius 1 is 1.24 bits per heavy atom. The van der Waals surface area contributed by atoms with Gasteiger partial charge in [-0.3, -0.25) is 0 Å². The predicted molar refractivity (Wildman–Crippen MR) is 77.3 cm³/mol. The van der Waals surface area contributed by atoms with Gasteiger partial charge in [0.05, 0.1) is 0 Å². The van der Waals surface area contributed by atoms with Crippen LogP contribution >= 0.6 is 0 Å². The topological polar surface area (TPSA) is 12.0 Å². The zero-order chi connectivity index (χ0) is 12.7. The summed E-state index contributed by atoms with van der Waals surface area (Å²) in [4.78, 5) is 0. The monoisotopic (exact) mass is 231 g/mol. The van der Waals surface area contributed by atoms with Crippen LogP contribution in [0.3, 0.4) is 0 Å². The minimum Gasteiger partial charge on any atom is -0.317 e. The van der Waals surface area contributed by atoms with Gasteiger partial charge in [0.25, 0.3) is 0 Å². The van der Waals surface area contributed by atoms with E-state index in [1.54, 1.807) is 0 Å². The Morgan fingerprint density at radius 3 is 2.41 bits per heavy atom. The zero-order valence-corrected chi connectivity index (χ0v) is 11.6. The normalized spacial score (nSPS) is 12.2. The van der Waals surface area contributed by atoms with Gasteiger partial charge in [0.15, 0.2) is 0 Å². The Bertz CT molecular complexity index is 346. The molecule has 0 fully saturated rings. The summed E-state index contributed by atoms with van der Waals surface area (Å²) < 4.78 is 0. The molecule has 0 heterocycles. The van der Waals surface area contributed by atoms with Gasteiger partial charge in [-0.1, -0.05) is 51.1 Å². The van der Waals surface area contributed by atoms with Crippen LogP contribution in [0.2, 0.25) is 0 Å². The van der Waals surface area contributed by atoms with Crippen LogP contribution < -0.4 is 5.32 Å². The summed E-state index contributed by atoms with van der Waals surface area (Å²) in [6.07, 6.45) is 3.42. The van der Waals surface area contributed by atoms with Gasteiger partial charge < -0.3 is 5.32 Å². The molecule has 1 heteroatoms. The van der Waals surface area contributed by atoms with Crippen LogP contribution in [0.5, 0.6) is 0 Å². The third-order valence-corrected chi connectivity index (χ3v) is 3.05. The predicted octanol–water partition coefficient (Wildman–Crippen LogP) is 4.21. The van der Waals surface area contributed by atoms with Gasteiger partial charge in [-0.25, -0.2) is 0 Å². The van der Waals surface area contributed by atoms with Crippen molar-refractivity contribution in [1.29, 1.82) is 0 Å². The van der Waals surface area contributed by atoms with Crippen LogP contribution in [0.25, 0.3) is 5.57 Å². The summed E-state index contributed by atoms with van der Waals surface area (Å²) >= 11 is 0. The van der Waals surface area contributed by atoms with Crippen molar-refractivity contribution in [2.24, 2.45) is 0 Å². The number of nitrogens with one attached hydrogen (secondary N) is 1. The van der Waals surface area contributed by atoms with Crippen molar-refractivity contribution in [3.8, 4) is 0 Å². The molecule has 0 aliphatic rings. The van der Waals surface area contributed by atoms with Crippen LogP contribution in [0.15, 0.2) is 30.3 Å². The van der Waals surface area contributed by atoms with Gasteiger partial charge >= 0.3 is 0 Å². The van der Waals surface area contributed by atoms with E-state index in [4.69, 9.17) is 0 Å². The highest BCUT2D eigenvalue weighted by Gasteiger charge is 1.99. The number of hydrogen-bond acceptors (Lipinski definition) is 1. The van der Waals surface area contributed by atoms with E-state index >= 15 is 0 Å². The molecule has 0 aliphatic carbocycles. The maximum Gasteiger partial charge on any atom is -0.00142 e. The first kappa shape index (κ1) is 14.0. The van der Waals surface area contributed by atoms with Gasteiger partial charge in [0, 0.05) is 0 Å². The zero-order valence-electron chi connectivity index (χ0n) is 11.6. The highest BCUT2D eigenvalue weighted by molar-refractivity contribution is 5.63. The summed E-state index contributed by atoms with van der Waals surface area (Å²) in [6, 6.07) is 8.94. The third kappa shape index (κ3) is 4.74. The summed E-state index contributed by atoms with van der Waals surface area (Å²) in [5.74, 6) is 0.613. The van der Waals surface area contributed by atoms with Crippen molar-refractivity contribution in [3.05, 3.63) is 41.5 Å². The quantitative estimate of drug-likeness (QED) is 0.723. The van der Waals surface area contributed by atoms with Gasteiger partial charge in [-0.2, -0.15) is 0 Å². The van der Waals surface area contributed by atoms with Gasteiger partial charge in [0.1, 0.15) is 0 Å². The fourth-order valence-electron chi connectivity index (χ4n) is 1.82. The second-order valence-electron chi connectivity index (χ2n) is 4.81. The van der Waals surface area contributed by atoms with E-state index in [0.717, 1.165) is 19.5 Å². The Labute approximate surface area is 106 Å². The summed E-state index contributed by atoms with van der Waals surface area (Å²) in [5.41, 5.74) is 4.12. The van der Waals surface area contributed by atoms with Crippen LogP contribution in [-0.2, 0) is 0 Å². The fraction of sp³-hybridized carbons (Fsp3) is 0.500. The molecule has 1 nitrogen and oxygen atoms in total. The first-order valence-corrected chi connectivity index (χ1v) is 6.63. The lowest BCUT2D eigenvalue weighted by Crippen LogP contribution is -2.13. The molecule has 0 amide bonds. The molecule has 0 bridgehead atoms. The number of hydrogen-bond donors (Lipinski definition) is 1. The molecule has 0 unspecified atom stereocenters. The minimum absolute atomic E-state index is 0.613. The van der Waals surface area contributed by atoms with Crippen LogP contribution in [-0.4, -0.2) is 13.1 Å². The molecule has 0 atom stereocenters. The van der Waals surface area contributed by atoms with E-state index < -0.39 is 0 Å². The van der Waals surface area contributed by atoms with Crippen LogP contribution in [0, 0.1) is 0 Å². The van der Waals surface area contributed by atoms with E-state index in [1.807, 2.05) is 0 Å². The lowest BCUT2D eigenvalue weighted by atomic mass is 9.99. The number of allylic oxidation sites excluding steroid dienone is 1. The largest absolute Gasteiger partial charge is 0.317 e. The Hall–Kier alpha value is -1.08. The smallest absolute Gasteiger partial charge is 0.00142 e. The minimum atomic E-state index is 0.613. The third-order valence-electron chi connectivity index (χ3n) is 3.05. The van der Waals surface area contributed by atoms with Crippen molar-refractivity contribution in [1.82, 2.24) is 5.32 Å². The van der Waals surface area contributed by atoms with Crippen molar-refractivity contribution in [2.75, 3.05) is 13.1 Å². The van der Waals surface area contributed by atoms with Gasteiger partial charge in [-0.05, 0) is 49.1 Å². The van der Waals surface area contributed by atoms with E-state index in [2.05, 4.69) is 63.4 Å². The Balaban J connectivity index is 2.59. The molecule has 1 aromatic carbocycles. The molecular formula is C16H25N. The van der Waals surface area contributed by atoms with Crippen molar-refractivity contribution in [2.45, 2.75) is 40.0 Å². The highest BCUT2D eigenvalue weighted by atomic mass is 14.8. The molecule has 1 N–H and O–H groups in total. The molecule has 0 aromatic heterocycles. The first-order chi connectivity index (χ1) is 8.15. The summed E-state index contributed by atoms with van der Waals surface area (Å²) in [6.45, 7) is 10.9. The van der Waals surface area contributed by atoms with E-state index in [-0.39, 0.29) is 0 Å². The van der Waals surface area contributed by atoms with Crippen LogP contribution in [0.4, 0.5) is 0 Å². The summed E-state index contributed by atoms with van der Waals surface area (Å²) in [5, 5.41) is 3.33. The standard InChI is InChI=1S/C16H25N/c1-5-17-12-6-7-14(4)16-10-8-15(9-11-16)13(2)3/h7-11,13,17H,5-6,12H2,1-4H3. The average molecular weight is 231 g/mol. The van der Waals surface area contributed by atoms with E-state index in [0.29, 0.717) is 5.92 Å². The number of rotatable bonds is 6. The van der Waals surface area contributed by atoms with E-state index in [9.17, 15) is 0 Å². The molecule has 0 spiro atoms. The molecule has 0 saturated carbocycles. The molecule has 0 aliphatic heterocycles. The Morgan fingerprint density at radius 2 is 1.88 bits per heavy atom. The molecule has 1 aromatic rings. The SMILES string of the molecule is CCNCCC=C(C)c1ccc(C(C)C)cc1. The molecule has 1 rings (SSSR count). The molecule has 17 heavy (non-hydrogen) atoms. The first-order valence-electron chi connectivity index (χ1n) is 6.63. The maximum absolute atomic E-state index is 3.33. The lowest BCUT2D eigenvalue weighted by Gasteiger charge is -2.07. The van der Waals surface area contributed by atoms with Gasteiger partial charge in [0.2, 0.25) is 0 Å². The second-order valence-corrected chi connectivity index (χ2v) is 4.81. The maximum atomic E-state index is 3.33. The van der Waals surface area contributed by atoms with Crippen molar-refractivity contribution < 1.29 is 0 Å². The molecular weight excluding hydrogens is 206 g/mol. The van der Waals surface area contributed by atoms with Gasteiger partial charge in [-0.15, -0.1) is 0 Å². The molecule has 94 valence electrons. The lowest BCUT2D eigenvalue weighted by molar-refractivity contribution is 0.727. The second kappa shape index (κ2) is 7.29.